The molecule has 2 aliphatic heterocycles. The predicted octanol–water partition coefficient (Wildman–Crippen LogP) is 0.518. The Morgan fingerprint density at radius 2 is 2.27 bits per heavy atom. The van der Waals surface area contributed by atoms with Gasteiger partial charge in [-0.05, 0) is 26.2 Å². The molecule has 6 heteroatoms. The summed E-state index contributed by atoms with van der Waals surface area (Å²) in [6.45, 7) is 7.33. The summed E-state index contributed by atoms with van der Waals surface area (Å²) < 4.78 is 5.53. The Bertz CT molecular complexity index is 383. The van der Waals surface area contributed by atoms with Gasteiger partial charge in [0.2, 0.25) is 5.91 Å². The molecule has 0 aromatic rings. The van der Waals surface area contributed by atoms with E-state index in [-0.39, 0.29) is 23.8 Å². The number of nitrogens with zero attached hydrogens (tertiary/aromatic N) is 1. The van der Waals surface area contributed by atoms with Crippen LogP contribution < -0.4 is 10.6 Å². The number of ether oxygens (including phenoxy) is 1. The average Bonchev–Trinajstić information content (AvgIpc) is 2.55. The maximum absolute atomic E-state index is 12.5. The second kappa shape index (κ2) is 8.48. The highest BCUT2D eigenvalue weighted by Gasteiger charge is 2.33. The molecule has 3 unspecified atom stereocenters. The number of amides is 2. The van der Waals surface area contributed by atoms with Gasteiger partial charge in [-0.25, -0.2) is 0 Å². The Kier molecular flexibility index (Phi) is 6.64. The Hall–Kier alpha value is -1.14. The molecule has 0 spiro atoms. The highest BCUT2D eigenvalue weighted by molar-refractivity contribution is 5.83. The van der Waals surface area contributed by atoms with Crippen LogP contribution in [0, 0.1) is 5.92 Å². The molecule has 2 amide bonds. The molecule has 0 aromatic carbocycles. The third-order valence-corrected chi connectivity index (χ3v) is 4.42. The monoisotopic (exact) mass is 311 g/mol. The van der Waals surface area contributed by atoms with Gasteiger partial charge in [0.25, 0.3) is 5.91 Å². The van der Waals surface area contributed by atoms with Gasteiger partial charge in [0.05, 0.1) is 12.5 Å². The number of likely N-dealkylation sites (tertiary alicyclic amines) is 1. The van der Waals surface area contributed by atoms with Crippen LogP contribution >= 0.6 is 0 Å². The fourth-order valence-electron chi connectivity index (χ4n) is 3.18. The van der Waals surface area contributed by atoms with E-state index >= 15 is 0 Å². The van der Waals surface area contributed by atoms with Crippen LogP contribution in [0.15, 0.2) is 0 Å². The highest BCUT2D eigenvalue weighted by atomic mass is 16.5. The molecule has 0 saturated carbocycles. The Morgan fingerprint density at radius 3 is 2.95 bits per heavy atom. The maximum Gasteiger partial charge on any atom is 0.253 e. The molecule has 2 aliphatic rings. The van der Waals surface area contributed by atoms with Crippen molar-refractivity contribution in [1.82, 2.24) is 15.5 Å². The largest absolute Gasteiger partial charge is 0.366 e. The summed E-state index contributed by atoms with van der Waals surface area (Å²) in [7, 11) is 0. The van der Waals surface area contributed by atoms with Crippen molar-refractivity contribution in [2.45, 2.75) is 51.7 Å². The van der Waals surface area contributed by atoms with Gasteiger partial charge in [-0.3, -0.25) is 9.59 Å². The first-order valence-electron chi connectivity index (χ1n) is 8.53. The van der Waals surface area contributed by atoms with Crippen LogP contribution in [0.4, 0.5) is 0 Å². The van der Waals surface area contributed by atoms with Gasteiger partial charge in [0.15, 0.2) is 0 Å². The van der Waals surface area contributed by atoms with E-state index in [0.717, 1.165) is 38.8 Å². The first-order valence-corrected chi connectivity index (χ1v) is 8.53. The summed E-state index contributed by atoms with van der Waals surface area (Å²) in [6, 6.07) is 0.203. The van der Waals surface area contributed by atoms with Crippen molar-refractivity contribution in [2.75, 3.05) is 32.8 Å². The van der Waals surface area contributed by atoms with E-state index in [9.17, 15) is 9.59 Å². The molecule has 0 radical (unpaired) electrons. The van der Waals surface area contributed by atoms with Gasteiger partial charge in [0.1, 0.15) is 6.10 Å². The van der Waals surface area contributed by atoms with Crippen molar-refractivity contribution in [3.05, 3.63) is 0 Å². The van der Waals surface area contributed by atoms with Crippen molar-refractivity contribution in [3.63, 3.8) is 0 Å². The molecule has 126 valence electrons. The van der Waals surface area contributed by atoms with Crippen molar-refractivity contribution < 1.29 is 14.3 Å². The van der Waals surface area contributed by atoms with Crippen LogP contribution in [0.2, 0.25) is 0 Å². The third-order valence-electron chi connectivity index (χ3n) is 4.42. The van der Waals surface area contributed by atoms with Gasteiger partial charge in [-0.1, -0.05) is 13.3 Å². The van der Waals surface area contributed by atoms with E-state index in [4.69, 9.17) is 4.74 Å². The van der Waals surface area contributed by atoms with E-state index < -0.39 is 6.10 Å². The number of carbonyl (C=O) groups is 2. The Morgan fingerprint density at radius 1 is 1.45 bits per heavy atom. The molecule has 0 aliphatic carbocycles. The zero-order chi connectivity index (χ0) is 15.9. The lowest BCUT2D eigenvalue weighted by Gasteiger charge is -2.35. The van der Waals surface area contributed by atoms with Crippen LogP contribution in [-0.4, -0.2) is 61.6 Å². The second-order valence-electron chi connectivity index (χ2n) is 6.39. The van der Waals surface area contributed by atoms with Gasteiger partial charge < -0.3 is 20.3 Å². The average molecular weight is 311 g/mol. The van der Waals surface area contributed by atoms with Crippen LogP contribution in [0.5, 0.6) is 0 Å². The number of nitrogens with one attached hydrogen (secondary N) is 2. The molecule has 3 atom stereocenters. The molecular formula is C16H29N3O3. The van der Waals surface area contributed by atoms with E-state index in [1.54, 1.807) is 4.90 Å². The van der Waals surface area contributed by atoms with Crippen molar-refractivity contribution in [2.24, 2.45) is 5.92 Å². The number of hydrogen-bond donors (Lipinski definition) is 2. The number of rotatable bonds is 5. The molecule has 6 nitrogen and oxygen atoms in total. The fourth-order valence-corrected chi connectivity index (χ4v) is 3.18. The van der Waals surface area contributed by atoms with Crippen LogP contribution in [-0.2, 0) is 14.3 Å². The lowest BCUT2D eigenvalue weighted by molar-refractivity contribution is -0.148. The normalized spacial score (nSPS) is 27.3. The number of carbonyl (C=O) groups excluding carboxylic acids is 2. The van der Waals surface area contributed by atoms with Crippen LogP contribution in [0.1, 0.15) is 39.5 Å². The minimum atomic E-state index is -0.394. The third kappa shape index (κ3) is 4.68. The van der Waals surface area contributed by atoms with E-state index in [1.807, 2.05) is 6.92 Å². The molecule has 22 heavy (non-hydrogen) atoms. The SMILES string of the molecule is CCCC(C)NC(=O)C1CCCN(C(=O)C2CNCCO2)C1. The lowest BCUT2D eigenvalue weighted by atomic mass is 9.96. The minimum absolute atomic E-state index is 0.0197. The molecular weight excluding hydrogens is 282 g/mol. The molecule has 0 bridgehead atoms. The second-order valence-corrected chi connectivity index (χ2v) is 6.39. The van der Waals surface area contributed by atoms with E-state index in [2.05, 4.69) is 17.6 Å². The van der Waals surface area contributed by atoms with Gasteiger partial charge in [0, 0.05) is 32.2 Å². The molecule has 2 rings (SSSR count). The quantitative estimate of drug-likeness (QED) is 0.776. The number of hydrogen-bond acceptors (Lipinski definition) is 4. The highest BCUT2D eigenvalue weighted by Crippen LogP contribution is 2.18. The minimum Gasteiger partial charge on any atom is -0.366 e. The summed E-state index contributed by atoms with van der Waals surface area (Å²) in [5, 5.41) is 6.25. The first kappa shape index (κ1) is 17.2. The molecule has 2 N–H and O–H groups in total. The standard InChI is InChI=1S/C16H29N3O3/c1-3-5-12(2)18-15(20)13-6-4-8-19(11-13)16(21)14-10-17-7-9-22-14/h12-14,17H,3-11H2,1-2H3,(H,18,20). The summed E-state index contributed by atoms with van der Waals surface area (Å²) in [6.07, 6.45) is 3.39. The fraction of sp³-hybridized carbons (Fsp3) is 0.875. The van der Waals surface area contributed by atoms with Crippen molar-refractivity contribution in [1.29, 1.82) is 0 Å². The molecule has 2 heterocycles. The number of morpholine rings is 1. The summed E-state index contributed by atoms with van der Waals surface area (Å²) in [5.41, 5.74) is 0. The summed E-state index contributed by atoms with van der Waals surface area (Å²) in [5.74, 6) is 0.0148. The Labute approximate surface area is 132 Å². The topological polar surface area (TPSA) is 70.7 Å². The zero-order valence-electron chi connectivity index (χ0n) is 13.8. The molecule has 0 aromatic heterocycles. The van der Waals surface area contributed by atoms with Crippen molar-refractivity contribution in [3.8, 4) is 0 Å². The van der Waals surface area contributed by atoms with Crippen molar-refractivity contribution >= 4 is 11.8 Å². The van der Waals surface area contributed by atoms with E-state index in [1.165, 1.54) is 0 Å². The molecule has 2 fully saturated rings. The van der Waals surface area contributed by atoms with E-state index in [0.29, 0.717) is 19.7 Å². The summed E-state index contributed by atoms with van der Waals surface area (Å²) >= 11 is 0. The Balaban J connectivity index is 1.85. The van der Waals surface area contributed by atoms with Gasteiger partial charge >= 0.3 is 0 Å². The maximum atomic E-state index is 12.5. The first-order chi connectivity index (χ1) is 10.6. The lowest BCUT2D eigenvalue weighted by Crippen LogP contribution is -2.53. The zero-order valence-corrected chi connectivity index (χ0v) is 13.8. The van der Waals surface area contributed by atoms with Crippen LogP contribution in [0.25, 0.3) is 0 Å². The molecule has 2 saturated heterocycles. The number of piperidine rings is 1. The smallest absolute Gasteiger partial charge is 0.253 e. The van der Waals surface area contributed by atoms with Crippen LogP contribution in [0.3, 0.4) is 0 Å². The summed E-state index contributed by atoms with van der Waals surface area (Å²) in [4.78, 5) is 26.6. The van der Waals surface area contributed by atoms with Gasteiger partial charge in [-0.15, -0.1) is 0 Å². The van der Waals surface area contributed by atoms with Gasteiger partial charge in [-0.2, -0.15) is 0 Å². The predicted molar refractivity (Wildman–Crippen MR) is 84.4 cm³/mol.